The van der Waals surface area contributed by atoms with Gasteiger partial charge in [0.25, 0.3) is 0 Å². The molecule has 1 rings (SSSR count). The van der Waals surface area contributed by atoms with Crippen LogP contribution in [-0.4, -0.2) is 19.0 Å². The molecule has 0 saturated carbocycles. The van der Waals surface area contributed by atoms with Gasteiger partial charge in [-0.2, -0.15) is 0 Å². The first kappa shape index (κ1) is 15.1. The summed E-state index contributed by atoms with van der Waals surface area (Å²) in [7, 11) is 4.10. The van der Waals surface area contributed by atoms with E-state index in [9.17, 15) is 0 Å². The lowest BCUT2D eigenvalue weighted by Gasteiger charge is -2.08. The van der Waals surface area contributed by atoms with Crippen LogP contribution in [0.5, 0.6) is 0 Å². The van der Waals surface area contributed by atoms with Crippen molar-refractivity contribution in [2.75, 3.05) is 19.8 Å². The molecule has 0 aliphatic carbocycles. The number of benzene rings is 1. The average molecular weight is 223 g/mol. The third-order valence-corrected chi connectivity index (χ3v) is 1.48. The van der Waals surface area contributed by atoms with Crippen LogP contribution in [0.3, 0.4) is 0 Å². The van der Waals surface area contributed by atoms with Gasteiger partial charge in [-0.05, 0) is 31.8 Å². The van der Waals surface area contributed by atoms with Crippen LogP contribution in [0.2, 0.25) is 0 Å². The van der Waals surface area contributed by atoms with E-state index in [1.807, 2.05) is 12.1 Å². The molecule has 0 radical (unpaired) electrons. The van der Waals surface area contributed by atoms with Gasteiger partial charge in [-0.3, -0.25) is 0 Å². The van der Waals surface area contributed by atoms with Gasteiger partial charge in [-0.15, -0.1) is 24.8 Å². The van der Waals surface area contributed by atoms with Crippen LogP contribution in [0.4, 0.5) is 5.69 Å². The van der Waals surface area contributed by atoms with Gasteiger partial charge in [0.1, 0.15) is 0 Å². The quantitative estimate of drug-likeness (QED) is 0.778. The van der Waals surface area contributed by atoms with Crippen molar-refractivity contribution in [1.82, 2.24) is 4.90 Å². The molecular weight excluding hydrogens is 207 g/mol. The van der Waals surface area contributed by atoms with Crippen molar-refractivity contribution >= 4 is 30.5 Å². The summed E-state index contributed by atoms with van der Waals surface area (Å²) in [4.78, 5) is 2.13. The van der Waals surface area contributed by atoms with E-state index in [1.165, 1.54) is 5.56 Å². The summed E-state index contributed by atoms with van der Waals surface area (Å²) in [6, 6.07) is 7.96. The maximum atomic E-state index is 5.54. The zero-order valence-corrected chi connectivity index (χ0v) is 9.49. The maximum Gasteiger partial charge on any atom is 0.0314 e. The summed E-state index contributed by atoms with van der Waals surface area (Å²) in [5.74, 6) is 0. The van der Waals surface area contributed by atoms with E-state index < -0.39 is 0 Å². The van der Waals surface area contributed by atoms with E-state index in [0.29, 0.717) is 0 Å². The largest absolute Gasteiger partial charge is 0.399 e. The van der Waals surface area contributed by atoms with E-state index in [1.54, 1.807) is 0 Å². The van der Waals surface area contributed by atoms with Crippen LogP contribution >= 0.6 is 24.8 Å². The van der Waals surface area contributed by atoms with Gasteiger partial charge in [0.2, 0.25) is 0 Å². The SMILES string of the molecule is CN(C)Cc1ccc(N)cc1.Cl.Cl. The summed E-state index contributed by atoms with van der Waals surface area (Å²) >= 11 is 0. The van der Waals surface area contributed by atoms with Crippen LogP contribution in [0.15, 0.2) is 24.3 Å². The number of hydrogen-bond acceptors (Lipinski definition) is 2. The molecule has 2 N–H and O–H groups in total. The Morgan fingerprint density at radius 1 is 1.08 bits per heavy atom. The molecule has 0 fully saturated rings. The number of nitrogens with zero attached hydrogens (tertiary/aromatic N) is 1. The predicted molar refractivity (Wildman–Crippen MR) is 62.7 cm³/mol. The van der Waals surface area contributed by atoms with Gasteiger partial charge in [-0.1, -0.05) is 12.1 Å². The van der Waals surface area contributed by atoms with Gasteiger partial charge >= 0.3 is 0 Å². The van der Waals surface area contributed by atoms with Crippen molar-refractivity contribution in [2.45, 2.75) is 6.54 Å². The highest BCUT2D eigenvalue weighted by atomic mass is 35.5. The summed E-state index contributed by atoms with van der Waals surface area (Å²) in [6.07, 6.45) is 0. The van der Waals surface area contributed by atoms with E-state index in [2.05, 4.69) is 31.1 Å². The van der Waals surface area contributed by atoms with Gasteiger partial charge in [-0.25, -0.2) is 0 Å². The monoisotopic (exact) mass is 222 g/mol. The number of nitrogen functional groups attached to an aromatic ring is 1. The first-order chi connectivity index (χ1) is 5.18. The molecule has 0 bridgehead atoms. The van der Waals surface area contributed by atoms with E-state index in [4.69, 9.17) is 5.73 Å². The molecule has 0 aromatic heterocycles. The Labute approximate surface area is 91.9 Å². The Kier molecular flexibility index (Phi) is 8.12. The van der Waals surface area contributed by atoms with Crippen LogP contribution in [0.25, 0.3) is 0 Å². The molecule has 0 spiro atoms. The third kappa shape index (κ3) is 5.75. The van der Waals surface area contributed by atoms with Crippen molar-refractivity contribution in [3.8, 4) is 0 Å². The molecule has 0 unspecified atom stereocenters. The first-order valence-electron chi connectivity index (χ1n) is 3.67. The highest BCUT2D eigenvalue weighted by Crippen LogP contribution is 2.06. The van der Waals surface area contributed by atoms with Crippen molar-refractivity contribution < 1.29 is 0 Å². The fourth-order valence-corrected chi connectivity index (χ4v) is 0.988. The Balaban J connectivity index is 0. The smallest absolute Gasteiger partial charge is 0.0314 e. The molecule has 0 aliphatic rings. The van der Waals surface area contributed by atoms with Gasteiger partial charge < -0.3 is 10.6 Å². The second-order valence-corrected chi connectivity index (χ2v) is 2.98. The second kappa shape index (κ2) is 7.01. The predicted octanol–water partition coefficient (Wildman–Crippen LogP) is 2.17. The molecule has 0 saturated heterocycles. The lowest BCUT2D eigenvalue weighted by atomic mass is 10.2. The Hall–Kier alpha value is -0.440. The van der Waals surface area contributed by atoms with E-state index >= 15 is 0 Å². The standard InChI is InChI=1S/C9H14N2.2ClH/c1-11(2)7-8-3-5-9(10)6-4-8;;/h3-6H,7,10H2,1-2H3;2*1H. The molecule has 76 valence electrons. The van der Waals surface area contributed by atoms with Crippen LogP contribution in [0.1, 0.15) is 5.56 Å². The third-order valence-electron chi connectivity index (χ3n) is 1.48. The first-order valence-corrected chi connectivity index (χ1v) is 3.67. The van der Waals surface area contributed by atoms with E-state index in [0.717, 1.165) is 12.2 Å². The van der Waals surface area contributed by atoms with Crippen molar-refractivity contribution in [3.63, 3.8) is 0 Å². The summed E-state index contributed by atoms with van der Waals surface area (Å²) in [5.41, 5.74) is 7.67. The Morgan fingerprint density at radius 2 is 1.54 bits per heavy atom. The number of nitrogens with two attached hydrogens (primary N) is 1. The van der Waals surface area contributed by atoms with Crippen molar-refractivity contribution in [2.24, 2.45) is 0 Å². The van der Waals surface area contributed by atoms with Crippen LogP contribution < -0.4 is 5.73 Å². The van der Waals surface area contributed by atoms with Crippen LogP contribution in [-0.2, 0) is 6.54 Å². The van der Waals surface area contributed by atoms with Gasteiger partial charge in [0.05, 0.1) is 0 Å². The fourth-order valence-electron chi connectivity index (χ4n) is 0.988. The number of hydrogen-bond donors (Lipinski definition) is 1. The zero-order valence-electron chi connectivity index (χ0n) is 7.86. The lowest BCUT2D eigenvalue weighted by Crippen LogP contribution is -2.10. The highest BCUT2D eigenvalue weighted by Gasteiger charge is 1.92. The summed E-state index contributed by atoms with van der Waals surface area (Å²) in [6.45, 7) is 0.972. The van der Waals surface area contributed by atoms with Crippen molar-refractivity contribution in [1.29, 1.82) is 0 Å². The zero-order chi connectivity index (χ0) is 8.27. The summed E-state index contributed by atoms with van der Waals surface area (Å²) in [5, 5.41) is 0. The molecule has 0 amide bonds. The molecule has 0 aliphatic heterocycles. The minimum atomic E-state index is 0. The van der Waals surface area contributed by atoms with Crippen LogP contribution in [0, 0.1) is 0 Å². The highest BCUT2D eigenvalue weighted by molar-refractivity contribution is 5.85. The van der Waals surface area contributed by atoms with Gasteiger partial charge in [0.15, 0.2) is 0 Å². The Morgan fingerprint density at radius 3 is 1.92 bits per heavy atom. The minimum Gasteiger partial charge on any atom is -0.399 e. The maximum absolute atomic E-state index is 5.54. The van der Waals surface area contributed by atoms with E-state index in [-0.39, 0.29) is 24.8 Å². The molecule has 1 aromatic rings. The average Bonchev–Trinajstić information content (AvgIpc) is 1.93. The lowest BCUT2D eigenvalue weighted by molar-refractivity contribution is 0.402. The second-order valence-electron chi connectivity index (χ2n) is 2.98. The van der Waals surface area contributed by atoms with Gasteiger partial charge in [0, 0.05) is 12.2 Å². The summed E-state index contributed by atoms with van der Waals surface area (Å²) < 4.78 is 0. The number of halogens is 2. The fraction of sp³-hybridized carbons (Fsp3) is 0.333. The van der Waals surface area contributed by atoms with Crippen molar-refractivity contribution in [3.05, 3.63) is 29.8 Å². The normalized spacial score (nSPS) is 8.85. The number of anilines is 1. The minimum absolute atomic E-state index is 0. The molecule has 2 nitrogen and oxygen atoms in total. The molecule has 1 aromatic carbocycles. The molecule has 13 heavy (non-hydrogen) atoms. The molecule has 0 heterocycles. The molecular formula is C9H16Cl2N2. The number of rotatable bonds is 2. The Bertz CT molecular complexity index is 222. The molecule has 4 heteroatoms. The topological polar surface area (TPSA) is 29.3 Å². The molecule has 0 atom stereocenters.